The van der Waals surface area contributed by atoms with Gasteiger partial charge in [0.1, 0.15) is 0 Å². The molecule has 0 fully saturated rings. The van der Waals surface area contributed by atoms with Gasteiger partial charge in [-0.15, -0.1) is 94.5 Å². The van der Waals surface area contributed by atoms with Gasteiger partial charge in [0, 0.05) is 18.6 Å². The summed E-state index contributed by atoms with van der Waals surface area (Å²) in [4.78, 5) is 14.0. The Labute approximate surface area is 424 Å². The van der Waals surface area contributed by atoms with Crippen molar-refractivity contribution in [1.29, 1.82) is 5.26 Å². The van der Waals surface area contributed by atoms with E-state index < -0.39 is 0 Å². The number of fused-ring (bicyclic) bond motifs is 1. The smallest absolute Gasteiger partial charge is 0.305 e. The second-order valence-electron chi connectivity index (χ2n) is 17.9. The van der Waals surface area contributed by atoms with Crippen LogP contribution in [0.4, 0.5) is 0 Å². The van der Waals surface area contributed by atoms with E-state index in [2.05, 4.69) is 162 Å². The van der Waals surface area contributed by atoms with E-state index in [0.717, 1.165) is 106 Å². The van der Waals surface area contributed by atoms with Crippen molar-refractivity contribution in [3.8, 4) is 84.3 Å². The molecule has 0 atom stereocenters. The maximum Gasteiger partial charge on any atom is 3.00 e. The third-order valence-electron chi connectivity index (χ3n) is 13.4. The molecule has 7 aromatic carbocycles. The fourth-order valence-electron chi connectivity index (χ4n) is 9.62. The molecule has 3 aromatic heterocycles. The Hall–Kier alpha value is -7.87. The first kappa shape index (κ1) is 45.9. The van der Waals surface area contributed by atoms with Gasteiger partial charge in [-0.1, -0.05) is 144 Å². The zero-order valence-corrected chi connectivity index (χ0v) is 41.0. The van der Waals surface area contributed by atoms with Crippen LogP contribution in [0.25, 0.3) is 78.3 Å². The van der Waals surface area contributed by atoms with E-state index in [1.165, 1.54) is 50.9 Å². The largest absolute Gasteiger partial charge is 3.00 e. The summed E-state index contributed by atoms with van der Waals surface area (Å²) in [6, 6.07) is 77.1. The monoisotopic (exact) mass is 1080 g/mol. The fourth-order valence-corrected chi connectivity index (χ4v) is 9.62. The molecule has 10 aromatic rings. The van der Waals surface area contributed by atoms with Crippen molar-refractivity contribution in [1.82, 2.24) is 15.0 Å². The number of rotatable bonds is 13. The minimum atomic E-state index is 0. The molecule has 0 bridgehead atoms. The molecule has 1 aliphatic carbocycles. The molecular weight excluding hydrogens is 1030 g/mol. The van der Waals surface area contributed by atoms with E-state index in [1.54, 1.807) is 0 Å². The molecule has 0 N–H and O–H groups in total. The Balaban J connectivity index is 0.00000567. The summed E-state index contributed by atoms with van der Waals surface area (Å²) in [5.41, 5.74) is 23.3. The predicted octanol–water partition coefficient (Wildman–Crippen LogP) is 14.9. The minimum absolute atomic E-state index is 0. The second kappa shape index (κ2) is 21.2. The molecule has 3 heterocycles. The van der Waals surface area contributed by atoms with E-state index in [1.807, 2.05) is 73.1 Å². The van der Waals surface area contributed by atoms with Crippen LogP contribution in [0.3, 0.4) is 0 Å². The van der Waals surface area contributed by atoms with Gasteiger partial charge < -0.3 is 15.0 Å². The van der Waals surface area contributed by atoms with Gasteiger partial charge in [-0.05, 0) is 118 Å². The third kappa shape index (κ3) is 10.3. The van der Waals surface area contributed by atoms with Gasteiger partial charge >= 0.3 is 20.1 Å². The van der Waals surface area contributed by atoms with E-state index >= 15 is 0 Å². The molecule has 0 radical (unpaired) electrons. The number of hydrogen-bond donors (Lipinski definition) is 0. The number of aryl methyl sites for hydroxylation is 6. The van der Waals surface area contributed by atoms with Crippen molar-refractivity contribution in [2.75, 3.05) is 0 Å². The maximum absolute atomic E-state index is 9.40. The van der Waals surface area contributed by atoms with Crippen LogP contribution in [-0.4, -0.2) is 15.0 Å². The Bertz CT molecular complexity index is 3330. The summed E-state index contributed by atoms with van der Waals surface area (Å²) in [7, 11) is 0. The Morgan fingerprint density at radius 3 is 1.56 bits per heavy atom. The average molecular weight is 1080 g/mol. The molecular formula is C65H47IrN4. The quantitative estimate of drug-likeness (QED) is 0.108. The van der Waals surface area contributed by atoms with E-state index in [0.29, 0.717) is 5.56 Å². The van der Waals surface area contributed by atoms with Gasteiger partial charge in [0.05, 0.1) is 11.6 Å². The number of hydrogen-bond acceptors (Lipinski definition) is 4. The average Bonchev–Trinajstić information content (AvgIpc) is 3.91. The van der Waals surface area contributed by atoms with Crippen LogP contribution in [0.1, 0.15) is 45.4 Å². The van der Waals surface area contributed by atoms with Crippen LogP contribution in [-0.2, 0) is 58.6 Å². The Morgan fingerprint density at radius 2 is 0.971 bits per heavy atom. The SMILES string of the molecule is N#Cc1ccc(-c2ccc(-c3cc(-c4cc5c(cn4)CCC5)[c-]cc3-c3ccccc3-c3cc(CCc4c[c-]c(-c5ccccn5)cc4)cc(CCc4c[c-]c(-c5ccccn5)cc4)c3)cc2)cc1.[Ir+3]. The molecule has 11 rings (SSSR count). The van der Waals surface area contributed by atoms with Gasteiger partial charge in [-0.2, -0.15) is 5.26 Å². The van der Waals surface area contributed by atoms with Crippen molar-refractivity contribution in [2.24, 2.45) is 0 Å². The first-order valence-electron chi connectivity index (χ1n) is 23.8. The fraction of sp³-hybridized carbons (Fsp3) is 0.108. The summed E-state index contributed by atoms with van der Waals surface area (Å²) in [6.45, 7) is 0. The van der Waals surface area contributed by atoms with E-state index in [9.17, 15) is 5.26 Å². The number of pyridine rings is 3. The standard InChI is InChI=1S/C65H47N4.Ir/c66-43-47-22-24-50(25-23-47)51-30-32-52(33-31-51)62-41-56(65-42-55-8-7-9-57(55)44-69-65)34-35-61(62)60-11-2-1-10-59(60)58-39-48(16-14-45-18-26-53(27-19-45)63-12-3-5-36-67-63)38-49(40-58)17-15-46-20-28-54(29-21-46)64-13-4-6-37-68-64;/h1-6,10-13,18-26,28,30-33,35-42,44H,7-9,14-17H2;/q-3;+3. The maximum atomic E-state index is 9.40. The number of benzene rings is 7. The molecule has 70 heavy (non-hydrogen) atoms. The van der Waals surface area contributed by atoms with Crippen LogP contribution < -0.4 is 0 Å². The van der Waals surface area contributed by atoms with Crippen molar-refractivity contribution >= 4 is 0 Å². The van der Waals surface area contributed by atoms with Crippen LogP contribution in [0.5, 0.6) is 0 Å². The number of aromatic nitrogens is 3. The van der Waals surface area contributed by atoms with Gasteiger partial charge in [0.15, 0.2) is 0 Å². The predicted molar refractivity (Wildman–Crippen MR) is 279 cm³/mol. The summed E-state index contributed by atoms with van der Waals surface area (Å²) in [5.74, 6) is 0. The topological polar surface area (TPSA) is 62.5 Å². The molecule has 4 nitrogen and oxygen atoms in total. The van der Waals surface area contributed by atoms with Gasteiger partial charge in [-0.3, -0.25) is 0 Å². The van der Waals surface area contributed by atoms with E-state index in [4.69, 9.17) is 4.98 Å². The van der Waals surface area contributed by atoms with Crippen molar-refractivity contribution in [3.63, 3.8) is 0 Å². The zero-order valence-electron chi connectivity index (χ0n) is 38.6. The van der Waals surface area contributed by atoms with Crippen molar-refractivity contribution < 1.29 is 20.1 Å². The molecule has 1 aliphatic rings. The van der Waals surface area contributed by atoms with Crippen molar-refractivity contribution in [3.05, 3.63) is 258 Å². The molecule has 5 heteroatoms. The summed E-state index contributed by atoms with van der Waals surface area (Å²) < 4.78 is 0. The van der Waals surface area contributed by atoms with Crippen LogP contribution in [0.2, 0.25) is 0 Å². The Morgan fingerprint density at radius 1 is 0.414 bits per heavy atom. The molecule has 0 saturated carbocycles. The molecule has 0 spiro atoms. The Kier molecular flexibility index (Phi) is 13.9. The zero-order chi connectivity index (χ0) is 46.4. The summed E-state index contributed by atoms with van der Waals surface area (Å²) in [6.07, 6.45) is 12.6. The van der Waals surface area contributed by atoms with E-state index in [-0.39, 0.29) is 20.1 Å². The third-order valence-corrected chi connectivity index (χ3v) is 13.4. The van der Waals surface area contributed by atoms with Gasteiger partial charge in [0.2, 0.25) is 0 Å². The van der Waals surface area contributed by atoms with Gasteiger partial charge in [-0.25, -0.2) is 0 Å². The van der Waals surface area contributed by atoms with Crippen LogP contribution in [0, 0.1) is 29.5 Å². The molecule has 0 aliphatic heterocycles. The summed E-state index contributed by atoms with van der Waals surface area (Å²) in [5, 5.41) is 9.40. The first-order valence-corrected chi connectivity index (χ1v) is 23.8. The molecule has 336 valence electrons. The molecule has 0 saturated heterocycles. The normalized spacial score (nSPS) is 11.6. The van der Waals surface area contributed by atoms with Crippen LogP contribution >= 0.6 is 0 Å². The van der Waals surface area contributed by atoms with Crippen LogP contribution in [0.15, 0.2) is 201 Å². The van der Waals surface area contributed by atoms with Gasteiger partial charge in [0.25, 0.3) is 0 Å². The number of nitriles is 1. The molecule has 0 unspecified atom stereocenters. The number of nitrogens with zero attached hydrogens (tertiary/aromatic N) is 4. The minimum Gasteiger partial charge on any atom is -0.305 e. The van der Waals surface area contributed by atoms with Crippen molar-refractivity contribution in [2.45, 2.75) is 44.9 Å². The second-order valence-corrected chi connectivity index (χ2v) is 17.9. The first-order chi connectivity index (χ1) is 34.1. The summed E-state index contributed by atoms with van der Waals surface area (Å²) >= 11 is 0. The molecule has 0 amide bonds.